The second-order valence-corrected chi connectivity index (χ2v) is 3.14. The molecule has 0 saturated carbocycles. The number of aromatic nitrogens is 1. The van der Waals surface area contributed by atoms with Gasteiger partial charge in [0.05, 0.1) is 0 Å². The van der Waals surface area contributed by atoms with Gasteiger partial charge in [-0.3, -0.25) is 4.79 Å². The molecule has 0 aliphatic carbocycles. The standard InChI is InChI=1S/C12H10N3O/c13-12(16)10-6-5-7-11(14-10)15-8-3-1-2-4-9-15/h1-5,7-9H,(H2,13,16). The highest BCUT2D eigenvalue weighted by molar-refractivity contribution is 5.90. The Labute approximate surface area is 93.4 Å². The highest BCUT2D eigenvalue weighted by atomic mass is 16.1. The maximum atomic E-state index is 11.0. The van der Waals surface area contributed by atoms with Crippen molar-refractivity contribution >= 4 is 11.7 Å². The summed E-state index contributed by atoms with van der Waals surface area (Å²) in [4.78, 5) is 16.9. The van der Waals surface area contributed by atoms with Crippen LogP contribution in [0, 0.1) is 6.07 Å². The lowest BCUT2D eigenvalue weighted by Crippen LogP contribution is -2.16. The quantitative estimate of drug-likeness (QED) is 0.805. The Hall–Kier alpha value is -2.36. The van der Waals surface area contributed by atoms with Crippen LogP contribution in [0.25, 0.3) is 0 Å². The summed E-state index contributed by atoms with van der Waals surface area (Å²) in [5.41, 5.74) is 5.28. The van der Waals surface area contributed by atoms with Crippen molar-refractivity contribution in [1.82, 2.24) is 4.98 Å². The zero-order valence-corrected chi connectivity index (χ0v) is 8.50. The third-order valence-corrected chi connectivity index (χ3v) is 2.00. The first-order valence-electron chi connectivity index (χ1n) is 4.76. The van der Waals surface area contributed by atoms with E-state index in [2.05, 4.69) is 11.1 Å². The molecule has 1 aromatic heterocycles. The van der Waals surface area contributed by atoms with Gasteiger partial charge in [-0.15, -0.1) is 0 Å². The number of pyridine rings is 1. The summed E-state index contributed by atoms with van der Waals surface area (Å²) in [5, 5.41) is 0. The number of carbonyl (C=O) groups is 1. The van der Waals surface area contributed by atoms with Crippen LogP contribution >= 0.6 is 0 Å². The van der Waals surface area contributed by atoms with Crippen LogP contribution in [-0.4, -0.2) is 10.9 Å². The van der Waals surface area contributed by atoms with Gasteiger partial charge in [0.2, 0.25) is 0 Å². The Balaban J connectivity index is 2.33. The van der Waals surface area contributed by atoms with Gasteiger partial charge in [0.1, 0.15) is 11.5 Å². The minimum absolute atomic E-state index is 0.136. The fourth-order valence-electron chi connectivity index (χ4n) is 1.26. The molecule has 0 atom stereocenters. The fourth-order valence-corrected chi connectivity index (χ4v) is 1.26. The smallest absolute Gasteiger partial charge is 0.268 e. The van der Waals surface area contributed by atoms with E-state index in [9.17, 15) is 4.79 Å². The zero-order valence-electron chi connectivity index (χ0n) is 8.50. The second kappa shape index (κ2) is 4.44. The van der Waals surface area contributed by atoms with Gasteiger partial charge < -0.3 is 10.6 Å². The van der Waals surface area contributed by atoms with Crippen LogP contribution in [0.2, 0.25) is 0 Å². The van der Waals surface area contributed by atoms with Crippen molar-refractivity contribution in [2.75, 3.05) is 4.90 Å². The Morgan fingerprint density at radius 1 is 1.25 bits per heavy atom. The van der Waals surface area contributed by atoms with Gasteiger partial charge in [0.25, 0.3) is 5.91 Å². The molecule has 4 nitrogen and oxygen atoms in total. The van der Waals surface area contributed by atoms with E-state index < -0.39 is 5.91 Å². The Bertz CT molecular complexity index is 473. The number of nitrogens with zero attached hydrogens (tertiary/aromatic N) is 2. The first-order chi connectivity index (χ1) is 7.77. The van der Waals surface area contributed by atoms with Crippen LogP contribution in [0.5, 0.6) is 0 Å². The van der Waals surface area contributed by atoms with E-state index in [-0.39, 0.29) is 5.69 Å². The molecule has 0 spiro atoms. The Morgan fingerprint density at radius 2 is 1.94 bits per heavy atom. The minimum Gasteiger partial charge on any atom is -0.364 e. The number of carbonyl (C=O) groups excluding carboxylic acids is 1. The lowest BCUT2D eigenvalue weighted by molar-refractivity contribution is 0.0995. The SMILES string of the molecule is NC(=O)c1[c]ccc(N2C=CC=CC=C2)n1. The third kappa shape index (κ3) is 2.17. The molecule has 1 aliphatic heterocycles. The molecule has 2 N–H and O–H groups in total. The van der Waals surface area contributed by atoms with Crippen molar-refractivity contribution in [2.24, 2.45) is 5.73 Å². The molecular weight excluding hydrogens is 202 g/mol. The minimum atomic E-state index is -0.581. The molecule has 0 bridgehead atoms. The lowest BCUT2D eigenvalue weighted by Gasteiger charge is -2.13. The van der Waals surface area contributed by atoms with E-state index in [1.54, 1.807) is 17.0 Å². The zero-order chi connectivity index (χ0) is 11.4. The van der Waals surface area contributed by atoms with Crippen LogP contribution in [-0.2, 0) is 0 Å². The predicted octanol–water partition coefficient (Wildman–Crippen LogP) is 1.38. The molecular formula is C12H10N3O. The van der Waals surface area contributed by atoms with Gasteiger partial charge in [0, 0.05) is 18.5 Å². The maximum Gasteiger partial charge on any atom is 0.268 e. The van der Waals surface area contributed by atoms with Crippen molar-refractivity contribution < 1.29 is 4.79 Å². The Kier molecular flexibility index (Phi) is 2.82. The number of primary amides is 1. The number of hydrogen-bond donors (Lipinski definition) is 1. The number of nitrogens with two attached hydrogens (primary N) is 1. The summed E-state index contributed by atoms with van der Waals surface area (Å²) in [6, 6.07) is 6.07. The summed E-state index contributed by atoms with van der Waals surface area (Å²) in [6.07, 6.45) is 11.2. The molecule has 1 radical (unpaired) electrons. The topological polar surface area (TPSA) is 59.2 Å². The summed E-state index contributed by atoms with van der Waals surface area (Å²) >= 11 is 0. The predicted molar refractivity (Wildman–Crippen MR) is 61.5 cm³/mol. The van der Waals surface area contributed by atoms with Crippen molar-refractivity contribution in [3.05, 3.63) is 60.6 Å². The molecule has 4 heteroatoms. The van der Waals surface area contributed by atoms with E-state index in [0.29, 0.717) is 5.82 Å². The molecule has 2 heterocycles. The lowest BCUT2D eigenvalue weighted by atomic mass is 10.3. The number of rotatable bonds is 2. The normalized spacial score (nSPS) is 13.9. The average molecular weight is 212 g/mol. The van der Waals surface area contributed by atoms with Crippen molar-refractivity contribution in [2.45, 2.75) is 0 Å². The second-order valence-electron chi connectivity index (χ2n) is 3.14. The van der Waals surface area contributed by atoms with Gasteiger partial charge in [-0.25, -0.2) is 4.98 Å². The molecule has 0 unspecified atom stereocenters. The number of hydrogen-bond acceptors (Lipinski definition) is 3. The number of allylic oxidation sites excluding steroid dienone is 4. The summed E-state index contributed by atoms with van der Waals surface area (Å²) in [5.74, 6) is 0.0477. The molecule has 1 amide bonds. The van der Waals surface area contributed by atoms with E-state index in [0.717, 1.165) is 0 Å². The van der Waals surface area contributed by atoms with Crippen LogP contribution in [0.1, 0.15) is 10.5 Å². The van der Waals surface area contributed by atoms with Crippen LogP contribution in [0.15, 0.2) is 48.8 Å². The Morgan fingerprint density at radius 3 is 2.56 bits per heavy atom. The third-order valence-electron chi connectivity index (χ3n) is 2.00. The molecule has 0 saturated heterocycles. The van der Waals surface area contributed by atoms with Crippen LogP contribution < -0.4 is 10.6 Å². The molecule has 1 aliphatic rings. The highest BCUT2D eigenvalue weighted by Crippen LogP contribution is 2.13. The van der Waals surface area contributed by atoms with E-state index >= 15 is 0 Å². The highest BCUT2D eigenvalue weighted by Gasteiger charge is 2.06. The van der Waals surface area contributed by atoms with Crippen molar-refractivity contribution in [3.63, 3.8) is 0 Å². The van der Waals surface area contributed by atoms with Gasteiger partial charge >= 0.3 is 0 Å². The summed E-state index contributed by atoms with van der Waals surface area (Å²) < 4.78 is 0. The molecule has 16 heavy (non-hydrogen) atoms. The van der Waals surface area contributed by atoms with E-state index in [1.165, 1.54) is 0 Å². The number of anilines is 1. The van der Waals surface area contributed by atoms with E-state index in [4.69, 9.17) is 5.73 Å². The largest absolute Gasteiger partial charge is 0.364 e. The molecule has 1 aromatic rings. The van der Waals surface area contributed by atoms with Gasteiger partial charge in [-0.2, -0.15) is 0 Å². The average Bonchev–Trinajstić information content (AvgIpc) is 2.57. The summed E-state index contributed by atoms with van der Waals surface area (Å²) in [6.45, 7) is 0. The van der Waals surface area contributed by atoms with Crippen molar-refractivity contribution in [1.29, 1.82) is 0 Å². The van der Waals surface area contributed by atoms with Gasteiger partial charge in [0.15, 0.2) is 0 Å². The monoisotopic (exact) mass is 212 g/mol. The first-order valence-corrected chi connectivity index (χ1v) is 4.76. The van der Waals surface area contributed by atoms with E-state index in [1.807, 2.05) is 36.7 Å². The fraction of sp³-hybridized carbons (Fsp3) is 0. The van der Waals surface area contributed by atoms with Gasteiger partial charge in [-0.1, -0.05) is 12.2 Å². The van der Waals surface area contributed by atoms with Crippen LogP contribution in [0.3, 0.4) is 0 Å². The van der Waals surface area contributed by atoms with Crippen LogP contribution in [0.4, 0.5) is 5.82 Å². The molecule has 2 rings (SSSR count). The first kappa shape index (κ1) is 10.2. The molecule has 0 fully saturated rings. The molecule has 0 aromatic carbocycles. The maximum absolute atomic E-state index is 11.0. The van der Waals surface area contributed by atoms with Gasteiger partial charge in [-0.05, 0) is 24.3 Å². The van der Waals surface area contributed by atoms with Crippen molar-refractivity contribution in [3.8, 4) is 0 Å². The number of amides is 1. The summed E-state index contributed by atoms with van der Waals surface area (Å²) in [7, 11) is 0. The molecule has 79 valence electrons.